The fourth-order valence-corrected chi connectivity index (χ4v) is 7.26. The number of hydrogen-bond donors (Lipinski definition) is 2. The molecule has 0 radical (unpaired) electrons. The van der Waals surface area contributed by atoms with Crippen molar-refractivity contribution in [1.82, 2.24) is 15.8 Å². The minimum Gasteiger partial charge on any atom is -0.359 e. The smallest absolute Gasteiger partial charge is 0.181 e. The van der Waals surface area contributed by atoms with E-state index in [1.807, 2.05) is 0 Å². The van der Waals surface area contributed by atoms with Gasteiger partial charge in [-0.15, -0.1) is 23.5 Å². The van der Waals surface area contributed by atoms with E-state index in [1.165, 1.54) is 37.2 Å². The monoisotopic (exact) mass is 301 g/mol. The maximum Gasteiger partial charge on any atom is 0.181 e. The summed E-state index contributed by atoms with van der Waals surface area (Å²) >= 11 is 9.60. The van der Waals surface area contributed by atoms with E-state index in [-0.39, 0.29) is 0 Å². The van der Waals surface area contributed by atoms with Crippen LogP contribution in [-0.4, -0.2) is 38.4 Å². The fraction of sp³-hybridized carbons (Fsp3) is 0.917. The molecule has 2 aliphatic heterocycles. The van der Waals surface area contributed by atoms with Crippen molar-refractivity contribution in [2.75, 3.05) is 11.5 Å². The van der Waals surface area contributed by atoms with Crippen molar-refractivity contribution in [2.24, 2.45) is 11.8 Å². The van der Waals surface area contributed by atoms with Gasteiger partial charge >= 0.3 is 0 Å². The molecule has 2 N–H and O–H groups in total. The van der Waals surface area contributed by atoms with Gasteiger partial charge in [0.05, 0.1) is 10.7 Å². The summed E-state index contributed by atoms with van der Waals surface area (Å²) < 4.78 is 0. The Balaban J connectivity index is 1.32. The molecular weight excluding hydrogens is 282 g/mol. The molecular formula is C12H19N3S3. The number of hydrogen-bond acceptors (Lipinski definition) is 4. The van der Waals surface area contributed by atoms with Crippen LogP contribution in [0.1, 0.15) is 25.7 Å². The number of nitrogens with zero attached hydrogens (tertiary/aromatic N) is 1. The zero-order valence-electron chi connectivity index (χ0n) is 10.3. The highest BCUT2D eigenvalue weighted by Gasteiger charge is 2.43. The van der Waals surface area contributed by atoms with Crippen molar-refractivity contribution in [3.63, 3.8) is 0 Å². The highest BCUT2D eigenvalue weighted by molar-refractivity contribution is 8.07. The highest BCUT2D eigenvalue weighted by atomic mass is 32.2. The van der Waals surface area contributed by atoms with E-state index >= 15 is 0 Å². The Labute approximate surface area is 122 Å². The molecule has 3 nitrogen and oxygen atoms in total. The average molecular weight is 302 g/mol. The lowest BCUT2D eigenvalue weighted by Crippen LogP contribution is -2.52. The molecule has 100 valence electrons. The highest BCUT2D eigenvalue weighted by Crippen LogP contribution is 2.45. The Bertz CT molecular complexity index is 344. The third-order valence-electron chi connectivity index (χ3n) is 4.77. The van der Waals surface area contributed by atoms with Crippen molar-refractivity contribution in [1.29, 1.82) is 0 Å². The third-order valence-corrected chi connectivity index (χ3v) is 7.97. The summed E-state index contributed by atoms with van der Waals surface area (Å²) in [7, 11) is 0. The summed E-state index contributed by atoms with van der Waals surface area (Å²) in [6.45, 7) is 0. The van der Waals surface area contributed by atoms with Gasteiger partial charge in [-0.3, -0.25) is 5.43 Å². The summed E-state index contributed by atoms with van der Waals surface area (Å²) in [6.07, 6.45) is 5.63. The lowest BCUT2D eigenvalue weighted by atomic mass is 9.96. The van der Waals surface area contributed by atoms with Gasteiger partial charge in [-0.2, -0.15) is 5.01 Å². The number of rotatable bonds is 2. The molecule has 0 amide bonds. The van der Waals surface area contributed by atoms with Gasteiger partial charge in [-0.05, 0) is 43.3 Å². The van der Waals surface area contributed by atoms with Crippen molar-refractivity contribution in [2.45, 2.75) is 42.5 Å². The Morgan fingerprint density at radius 3 is 2.44 bits per heavy atom. The van der Waals surface area contributed by atoms with E-state index in [1.54, 1.807) is 0 Å². The molecule has 6 heteroatoms. The summed E-state index contributed by atoms with van der Waals surface area (Å²) in [5, 5.41) is 8.03. The molecule has 4 rings (SSSR count). The van der Waals surface area contributed by atoms with Gasteiger partial charge in [0.15, 0.2) is 5.11 Å². The van der Waals surface area contributed by atoms with Crippen LogP contribution in [0.25, 0.3) is 0 Å². The third kappa shape index (κ3) is 2.05. The quantitative estimate of drug-likeness (QED) is 0.758. The van der Waals surface area contributed by atoms with Gasteiger partial charge in [0.2, 0.25) is 0 Å². The SMILES string of the molecule is S=C(N[C@H]1C[C@H]2CC[C@H]1C2)NN1[C@@H]2CS[C@@H]1CS2. The molecule has 18 heavy (non-hydrogen) atoms. The Morgan fingerprint density at radius 2 is 1.89 bits per heavy atom. The number of thiocarbonyl (C=S) groups is 1. The molecule has 0 unspecified atom stereocenters. The lowest BCUT2D eigenvalue weighted by Gasteiger charge is -2.28. The second-order valence-electron chi connectivity index (χ2n) is 5.85. The molecule has 2 saturated carbocycles. The average Bonchev–Trinajstić information content (AvgIpc) is 3.11. The minimum absolute atomic E-state index is 0.625. The Morgan fingerprint density at radius 1 is 1.11 bits per heavy atom. The largest absolute Gasteiger partial charge is 0.359 e. The first-order valence-electron chi connectivity index (χ1n) is 6.88. The molecule has 0 aromatic rings. The van der Waals surface area contributed by atoms with Gasteiger partial charge in [0.1, 0.15) is 0 Å². The Kier molecular flexibility index (Phi) is 3.18. The van der Waals surface area contributed by atoms with Crippen LogP contribution in [0.4, 0.5) is 0 Å². The van der Waals surface area contributed by atoms with E-state index in [0.29, 0.717) is 16.8 Å². The summed E-state index contributed by atoms with van der Waals surface area (Å²) in [4.78, 5) is 0. The van der Waals surface area contributed by atoms with Gasteiger partial charge in [-0.25, -0.2) is 0 Å². The van der Waals surface area contributed by atoms with Crippen LogP contribution in [0.15, 0.2) is 0 Å². The number of nitrogens with one attached hydrogen (secondary N) is 2. The minimum atomic E-state index is 0.625. The predicted molar refractivity (Wildman–Crippen MR) is 82.4 cm³/mol. The molecule has 4 bridgehead atoms. The molecule has 5 atom stereocenters. The van der Waals surface area contributed by atoms with Gasteiger partial charge < -0.3 is 5.32 Å². The topological polar surface area (TPSA) is 27.3 Å². The van der Waals surface area contributed by atoms with E-state index in [9.17, 15) is 0 Å². The maximum atomic E-state index is 5.49. The normalized spacial score (nSPS) is 45.7. The molecule has 0 spiro atoms. The summed E-state index contributed by atoms with van der Waals surface area (Å²) in [5.74, 6) is 4.33. The molecule has 2 heterocycles. The van der Waals surface area contributed by atoms with E-state index < -0.39 is 0 Å². The van der Waals surface area contributed by atoms with Crippen LogP contribution < -0.4 is 10.7 Å². The molecule has 0 aromatic carbocycles. The van der Waals surface area contributed by atoms with Crippen LogP contribution in [-0.2, 0) is 0 Å². The van der Waals surface area contributed by atoms with Crippen molar-refractivity contribution >= 4 is 40.9 Å². The van der Waals surface area contributed by atoms with E-state index in [0.717, 1.165) is 16.9 Å². The standard InChI is InChI=1S/C12H19N3S3/c16-12(13-9-4-7-1-2-8(9)3-7)14-15-10-5-17-11(15)6-18-10/h7-11H,1-6H2,(H2,13,14,16)/t7-,8-,9-,10-,11+/m0/s1. The summed E-state index contributed by atoms with van der Waals surface area (Å²) in [6, 6.07) is 0.643. The number of fused-ring (bicyclic) bond motifs is 4. The number of hydrazine groups is 1. The maximum absolute atomic E-state index is 5.49. The molecule has 2 saturated heterocycles. The zero-order chi connectivity index (χ0) is 12.1. The molecule has 2 aliphatic carbocycles. The first kappa shape index (κ1) is 12.1. The lowest BCUT2D eigenvalue weighted by molar-refractivity contribution is 0.250. The molecule has 4 fully saturated rings. The van der Waals surface area contributed by atoms with Crippen LogP contribution in [0, 0.1) is 11.8 Å². The second-order valence-corrected chi connectivity index (χ2v) is 8.68. The van der Waals surface area contributed by atoms with Gasteiger partial charge in [0, 0.05) is 17.5 Å². The number of thioether (sulfide) groups is 2. The summed E-state index contributed by atoms with van der Waals surface area (Å²) in [5.41, 5.74) is 3.44. The van der Waals surface area contributed by atoms with E-state index in [2.05, 4.69) is 39.3 Å². The predicted octanol–water partition coefficient (Wildman–Crippen LogP) is 2.00. The first-order valence-corrected chi connectivity index (χ1v) is 9.39. The van der Waals surface area contributed by atoms with Gasteiger partial charge in [0.25, 0.3) is 0 Å². The van der Waals surface area contributed by atoms with Gasteiger partial charge in [-0.1, -0.05) is 6.42 Å². The first-order chi connectivity index (χ1) is 8.79. The Hall–Kier alpha value is 0.350. The fourth-order valence-electron chi connectivity index (χ4n) is 3.87. The van der Waals surface area contributed by atoms with Crippen LogP contribution >= 0.6 is 35.7 Å². The molecule has 4 aliphatic rings. The van der Waals surface area contributed by atoms with Crippen molar-refractivity contribution < 1.29 is 0 Å². The van der Waals surface area contributed by atoms with E-state index in [4.69, 9.17) is 12.2 Å². The second kappa shape index (κ2) is 4.72. The van der Waals surface area contributed by atoms with Crippen LogP contribution in [0.2, 0.25) is 0 Å². The van der Waals surface area contributed by atoms with Crippen molar-refractivity contribution in [3.8, 4) is 0 Å². The molecule has 0 aromatic heterocycles. The van der Waals surface area contributed by atoms with Crippen molar-refractivity contribution in [3.05, 3.63) is 0 Å². The van der Waals surface area contributed by atoms with Crippen LogP contribution in [0.3, 0.4) is 0 Å². The zero-order valence-corrected chi connectivity index (χ0v) is 12.8. The van der Waals surface area contributed by atoms with Crippen LogP contribution in [0.5, 0.6) is 0 Å².